The average Bonchev–Trinajstić information content (AvgIpc) is 2.70. The van der Waals surface area contributed by atoms with Crippen LogP contribution in [0.4, 0.5) is 18.9 Å². The molecular weight excluding hydrogens is 373 g/mol. The van der Waals surface area contributed by atoms with Crippen LogP contribution >= 0.6 is 0 Å². The van der Waals surface area contributed by atoms with E-state index in [-0.39, 0.29) is 18.1 Å². The molecule has 1 heterocycles. The Hall–Kier alpha value is -2.90. The number of hydrogen-bond donors (Lipinski definition) is 1. The third-order valence-corrected chi connectivity index (χ3v) is 4.70. The van der Waals surface area contributed by atoms with Gasteiger partial charge in [-0.1, -0.05) is 6.07 Å². The van der Waals surface area contributed by atoms with E-state index in [0.29, 0.717) is 31.0 Å². The lowest BCUT2D eigenvalue weighted by Crippen LogP contribution is -2.39. The van der Waals surface area contributed by atoms with E-state index in [0.717, 1.165) is 23.3 Å². The molecule has 0 radical (unpaired) electrons. The molecule has 0 aliphatic carbocycles. The molecule has 0 fully saturated rings. The zero-order chi connectivity index (χ0) is 20.3. The van der Waals surface area contributed by atoms with E-state index in [1.165, 1.54) is 12.1 Å². The van der Waals surface area contributed by atoms with E-state index in [2.05, 4.69) is 5.32 Å². The average molecular weight is 394 g/mol. The maximum absolute atomic E-state index is 12.8. The van der Waals surface area contributed by atoms with Crippen molar-refractivity contribution in [2.24, 2.45) is 0 Å². The third-order valence-electron chi connectivity index (χ3n) is 4.70. The minimum Gasteiger partial charge on any atom is -0.493 e. The second-order valence-corrected chi connectivity index (χ2v) is 6.47. The van der Waals surface area contributed by atoms with Crippen molar-refractivity contribution in [1.29, 1.82) is 0 Å². The molecule has 0 unspecified atom stereocenters. The number of carbonyl (C=O) groups excluding carboxylic acids is 1. The molecule has 1 aliphatic rings. The van der Waals surface area contributed by atoms with E-state index in [9.17, 15) is 18.0 Å². The van der Waals surface area contributed by atoms with Crippen LogP contribution in [0.2, 0.25) is 0 Å². The molecule has 0 saturated carbocycles. The molecule has 1 amide bonds. The van der Waals surface area contributed by atoms with Crippen molar-refractivity contribution in [2.75, 3.05) is 32.6 Å². The van der Waals surface area contributed by atoms with E-state index < -0.39 is 11.7 Å². The number of halogens is 3. The molecule has 1 N–H and O–H groups in total. The van der Waals surface area contributed by atoms with Crippen LogP contribution in [0, 0.1) is 0 Å². The summed E-state index contributed by atoms with van der Waals surface area (Å²) in [6.07, 6.45) is -3.75. The Kier molecular flexibility index (Phi) is 5.67. The highest BCUT2D eigenvalue weighted by molar-refractivity contribution is 5.81. The van der Waals surface area contributed by atoms with Gasteiger partial charge in [0, 0.05) is 18.8 Å². The van der Waals surface area contributed by atoms with Gasteiger partial charge in [-0.2, -0.15) is 13.2 Å². The number of nitrogens with one attached hydrogen (secondary N) is 1. The molecule has 2 aromatic rings. The highest BCUT2D eigenvalue weighted by Crippen LogP contribution is 2.33. The number of alkyl halides is 3. The lowest BCUT2D eigenvalue weighted by atomic mass is 9.98. The molecule has 5 nitrogen and oxygen atoms in total. The van der Waals surface area contributed by atoms with Gasteiger partial charge in [-0.25, -0.2) is 0 Å². The fourth-order valence-corrected chi connectivity index (χ4v) is 3.19. The van der Waals surface area contributed by atoms with Gasteiger partial charge < -0.3 is 19.7 Å². The topological polar surface area (TPSA) is 50.8 Å². The Morgan fingerprint density at radius 3 is 2.43 bits per heavy atom. The minimum atomic E-state index is -4.42. The van der Waals surface area contributed by atoms with Gasteiger partial charge in [0.05, 0.1) is 26.3 Å². The molecule has 0 atom stereocenters. The van der Waals surface area contributed by atoms with Crippen molar-refractivity contribution in [3.63, 3.8) is 0 Å². The molecule has 28 heavy (non-hydrogen) atoms. The predicted octanol–water partition coefficient (Wildman–Crippen LogP) is 3.72. The maximum atomic E-state index is 12.8. The summed E-state index contributed by atoms with van der Waals surface area (Å²) >= 11 is 0. The summed E-state index contributed by atoms with van der Waals surface area (Å²) in [4.78, 5) is 14.2. The number of carbonyl (C=O) groups is 1. The van der Waals surface area contributed by atoms with E-state index >= 15 is 0 Å². The molecule has 150 valence electrons. The summed E-state index contributed by atoms with van der Waals surface area (Å²) in [5.74, 6) is 1.06. The highest BCUT2D eigenvalue weighted by atomic mass is 19.4. The largest absolute Gasteiger partial charge is 0.493 e. The van der Waals surface area contributed by atoms with Gasteiger partial charge in [0.25, 0.3) is 0 Å². The van der Waals surface area contributed by atoms with Crippen LogP contribution in [-0.2, 0) is 23.9 Å². The van der Waals surface area contributed by atoms with Gasteiger partial charge >= 0.3 is 6.18 Å². The molecule has 0 aromatic heterocycles. The quantitative estimate of drug-likeness (QED) is 0.840. The fraction of sp³-hybridized carbons (Fsp3) is 0.350. The van der Waals surface area contributed by atoms with Gasteiger partial charge in [0.2, 0.25) is 5.91 Å². The van der Waals surface area contributed by atoms with Gasteiger partial charge in [0.15, 0.2) is 11.5 Å². The number of nitrogens with zero attached hydrogens (tertiary/aromatic N) is 1. The first-order valence-electron chi connectivity index (χ1n) is 8.74. The summed E-state index contributed by atoms with van der Waals surface area (Å²) in [6.45, 7) is 0.869. The van der Waals surface area contributed by atoms with E-state index in [4.69, 9.17) is 9.47 Å². The SMILES string of the molecule is COc1cc2c(cc1OC)CN(C(=O)CNc1cccc(C(F)(F)F)c1)CC2. The second-order valence-electron chi connectivity index (χ2n) is 6.47. The monoisotopic (exact) mass is 394 g/mol. The number of rotatable bonds is 5. The Balaban J connectivity index is 1.65. The normalized spacial score (nSPS) is 13.7. The van der Waals surface area contributed by atoms with Crippen LogP contribution < -0.4 is 14.8 Å². The molecule has 2 aromatic carbocycles. The van der Waals surface area contributed by atoms with Crippen LogP contribution in [0.1, 0.15) is 16.7 Å². The molecule has 1 aliphatic heterocycles. The molecule has 0 saturated heterocycles. The summed E-state index contributed by atoms with van der Waals surface area (Å²) in [6, 6.07) is 8.58. The van der Waals surface area contributed by atoms with Crippen LogP contribution in [0.25, 0.3) is 0 Å². The van der Waals surface area contributed by atoms with Crippen molar-refractivity contribution in [3.8, 4) is 11.5 Å². The summed E-state index contributed by atoms with van der Waals surface area (Å²) in [5.41, 5.74) is 1.56. The van der Waals surface area contributed by atoms with Crippen molar-refractivity contribution >= 4 is 11.6 Å². The highest BCUT2D eigenvalue weighted by Gasteiger charge is 2.30. The summed E-state index contributed by atoms with van der Waals surface area (Å²) in [7, 11) is 3.12. The molecule has 0 spiro atoms. The Labute approximate surface area is 161 Å². The summed E-state index contributed by atoms with van der Waals surface area (Å²) in [5, 5.41) is 2.78. The summed E-state index contributed by atoms with van der Waals surface area (Å²) < 4.78 is 49.0. The standard InChI is InChI=1S/C20H21F3N2O3/c1-27-17-8-13-6-7-25(12-14(13)9-18(17)28-2)19(26)11-24-16-5-3-4-15(10-16)20(21,22)23/h3-5,8-10,24H,6-7,11-12H2,1-2H3. The smallest absolute Gasteiger partial charge is 0.416 e. The number of ether oxygens (including phenoxy) is 2. The Morgan fingerprint density at radius 1 is 1.11 bits per heavy atom. The first-order chi connectivity index (χ1) is 13.3. The van der Waals surface area contributed by atoms with Gasteiger partial charge in [0.1, 0.15) is 0 Å². The lowest BCUT2D eigenvalue weighted by Gasteiger charge is -2.30. The maximum Gasteiger partial charge on any atom is 0.416 e. The van der Waals surface area contributed by atoms with E-state index in [1.807, 2.05) is 12.1 Å². The van der Waals surface area contributed by atoms with Crippen molar-refractivity contribution in [1.82, 2.24) is 4.90 Å². The van der Waals surface area contributed by atoms with Gasteiger partial charge in [-0.05, 0) is 47.9 Å². The van der Waals surface area contributed by atoms with Crippen LogP contribution in [0.15, 0.2) is 36.4 Å². The lowest BCUT2D eigenvalue weighted by molar-refractivity contribution is -0.137. The van der Waals surface area contributed by atoms with Crippen LogP contribution in [0.5, 0.6) is 11.5 Å². The molecule has 3 rings (SSSR count). The Morgan fingerprint density at radius 2 is 1.79 bits per heavy atom. The van der Waals surface area contributed by atoms with Crippen LogP contribution in [-0.4, -0.2) is 38.1 Å². The second kappa shape index (κ2) is 8.00. The van der Waals surface area contributed by atoms with Gasteiger partial charge in [-0.15, -0.1) is 0 Å². The van der Waals surface area contributed by atoms with Crippen molar-refractivity contribution < 1.29 is 27.4 Å². The molecular formula is C20H21F3N2O3. The first kappa shape index (κ1) is 19.9. The molecule has 0 bridgehead atoms. The van der Waals surface area contributed by atoms with Crippen molar-refractivity contribution in [2.45, 2.75) is 19.1 Å². The predicted molar refractivity (Wildman–Crippen MR) is 98.6 cm³/mol. The van der Waals surface area contributed by atoms with Gasteiger partial charge in [-0.3, -0.25) is 4.79 Å². The van der Waals surface area contributed by atoms with E-state index in [1.54, 1.807) is 19.1 Å². The number of anilines is 1. The number of methoxy groups -OCH3 is 2. The molecule has 8 heteroatoms. The minimum absolute atomic E-state index is 0.0794. The third kappa shape index (κ3) is 4.32. The van der Waals surface area contributed by atoms with Crippen LogP contribution in [0.3, 0.4) is 0 Å². The first-order valence-corrected chi connectivity index (χ1v) is 8.74. The Bertz CT molecular complexity index is 868. The zero-order valence-electron chi connectivity index (χ0n) is 15.6. The number of fused-ring (bicyclic) bond motifs is 1. The van der Waals surface area contributed by atoms with Crippen molar-refractivity contribution in [3.05, 3.63) is 53.1 Å². The number of hydrogen-bond acceptors (Lipinski definition) is 4. The zero-order valence-corrected chi connectivity index (χ0v) is 15.6. The fourth-order valence-electron chi connectivity index (χ4n) is 3.19. The number of amides is 1. The number of benzene rings is 2.